The lowest BCUT2D eigenvalue weighted by Crippen LogP contribution is -2.34. The topological polar surface area (TPSA) is 63.4 Å². The fourth-order valence-electron chi connectivity index (χ4n) is 2.05. The van der Waals surface area contributed by atoms with E-state index in [-0.39, 0.29) is 16.0 Å². The highest BCUT2D eigenvalue weighted by atomic mass is 35.5. The molecule has 1 fully saturated rings. The zero-order valence-electron chi connectivity index (χ0n) is 11.8. The largest absolute Gasteiger partial charge is 0.398 e. The molecule has 0 heterocycles. The van der Waals surface area contributed by atoms with Gasteiger partial charge < -0.3 is 5.73 Å². The quantitative estimate of drug-likeness (QED) is 0.820. The highest BCUT2D eigenvalue weighted by molar-refractivity contribution is 7.89. The Bertz CT molecular complexity index is 583. The van der Waals surface area contributed by atoms with E-state index in [1.54, 1.807) is 10.4 Å². The summed E-state index contributed by atoms with van der Waals surface area (Å²) in [5.74, 6) is 0.474. The second-order valence-corrected chi connectivity index (χ2v) is 8.01. The number of hydrogen-bond donors (Lipinski definition) is 1. The molecule has 0 saturated heterocycles. The van der Waals surface area contributed by atoms with Crippen LogP contribution >= 0.6 is 11.6 Å². The Labute approximate surface area is 126 Å². The van der Waals surface area contributed by atoms with Crippen molar-refractivity contribution in [2.75, 3.05) is 12.3 Å². The molecular weight excluding hydrogens is 296 g/mol. The maximum absolute atomic E-state index is 12.7. The molecule has 0 aromatic heterocycles. The summed E-state index contributed by atoms with van der Waals surface area (Å²) in [5.41, 5.74) is 6.03. The van der Waals surface area contributed by atoms with Crippen molar-refractivity contribution in [3.8, 4) is 0 Å². The molecule has 1 aliphatic carbocycles. The highest BCUT2D eigenvalue weighted by Crippen LogP contribution is 2.33. The van der Waals surface area contributed by atoms with Gasteiger partial charge in [0.25, 0.3) is 0 Å². The van der Waals surface area contributed by atoms with E-state index in [9.17, 15) is 8.42 Å². The molecule has 0 aliphatic heterocycles. The number of benzene rings is 1. The summed E-state index contributed by atoms with van der Waals surface area (Å²) in [6, 6.07) is 4.66. The molecule has 0 unspecified atom stereocenters. The SMILES string of the molecule is CC(C)CCN(C1CC1)S(=O)(=O)c1ccc(N)c(Cl)c1. The van der Waals surface area contributed by atoms with Crippen molar-refractivity contribution in [3.05, 3.63) is 23.2 Å². The van der Waals surface area contributed by atoms with Crippen LogP contribution in [0.2, 0.25) is 5.02 Å². The molecule has 0 spiro atoms. The standard InChI is InChI=1S/C14H21ClN2O2S/c1-10(2)7-8-17(11-3-4-11)20(18,19)12-5-6-14(16)13(15)9-12/h5-6,9-11H,3-4,7-8,16H2,1-2H3. The van der Waals surface area contributed by atoms with Crippen LogP contribution in [0.1, 0.15) is 33.1 Å². The van der Waals surface area contributed by atoms with Gasteiger partial charge in [0.2, 0.25) is 10.0 Å². The summed E-state index contributed by atoms with van der Waals surface area (Å²) in [4.78, 5) is 0.229. The lowest BCUT2D eigenvalue weighted by atomic mass is 10.1. The van der Waals surface area contributed by atoms with Crippen molar-refractivity contribution < 1.29 is 8.42 Å². The average molecular weight is 317 g/mol. The molecule has 1 aromatic carbocycles. The van der Waals surface area contributed by atoms with Crippen molar-refractivity contribution in [3.63, 3.8) is 0 Å². The number of rotatable bonds is 6. The first kappa shape index (κ1) is 15.6. The van der Waals surface area contributed by atoms with Crippen LogP contribution in [-0.4, -0.2) is 25.3 Å². The van der Waals surface area contributed by atoms with Crippen LogP contribution in [-0.2, 0) is 10.0 Å². The number of sulfonamides is 1. The predicted molar refractivity (Wildman–Crippen MR) is 82.2 cm³/mol. The van der Waals surface area contributed by atoms with E-state index in [1.807, 2.05) is 0 Å². The predicted octanol–water partition coefficient (Wildman–Crippen LogP) is 3.12. The monoisotopic (exact) mass is 316 g/mol. The minimum atomic E-state index is -3.48. The molecule has 2 N–H and O–H groups in total. The van der Waals surface area contributed by atoms with Gasteiger partial charge in [-0.25, -0.2) is 8.42 Å². The molecule has 0 amide bonds. The van der Waals surface area contributed by atoms with E-state index < -0.39 is 10.0 Å². The number of hydrogen-bond acceptors (Lipinski definition) is 3. The molecule has 112 valence electrons. The van der Waals surface area contributed by atoms with Gasteiger partial charge in [0, 0.05) is 12.6 Å². The summed E-state index contributed by atoms with van der Waals surface area (Å²) in [6.45, 7) is 4.75. The van der Waals surface area contributed by atoms with Gasteiger partial charge in [0.15, 0.2) is 0 Å². The minimum Gasteiger partial charge on any atom is -0.398 e. The normalized spacial score (nSPS) is 16.1. The molecule has 20 heavy (non-hydrogen) atoms. The lowest BCUT2D eigenvalue weighted by molar-refractivity contribution is 0.373. The molecule has 0 atom stereocenters. The van der Waals surface area contributed by atoms with Gasteiger partial charge in [-0.1, -0.05) is 25.4 Å². The second-order valence-electron chi connectivity index (χ2n) is 5.71. The lowest BCUT2D eigenvalue weighted by Gasteiger charge is -2.23. The Morgan fingerprint density at radius 3 is 2.55 bits per heavy atom. The first-order valence-corrected chi connectivity index (χ1v) is 8.71. The van der Waals surface area contributed by atoms with E-state index in [2.05, 4.69) is 13.8 Å². The maximum atomic E-state index is 12.7. The fraction of sp³-hybridized carbons (Fsp3) is 0.571. The van der Waals surface area contributed by atoms with Crippen molar-refractivity contribution in [1.29, 1.82) is 0 Å². The van der Waals surface area contributed by atoms with E-state index in [4.69, 9.17) is 17.3 Å². The third-order valence-corrected chi connectivity index (χ3v) is 5.73. The van der Waals surface area contributed by atoms with Gasteiger partial charge in [-0.2, -0.15) is 4.31 Å². The Kier molecular flexibility index (Phi) is 4.62. The zero-order chi connectivity index (χ0) is 14.9. The van der Waals surface area contributed by atoms with Crippen LogP contribution in [0.25, 0.3) is 0 Å². The number of anilines is 1. The average Bonchev–Trinajstić information content (AvgIpc) is 3.16. The summed E-state index contributed by atoms with van der Waals surface area (Å²) >= 11 is 5.94. The third kappa shape index (κ3) is 3.45. The molecule has 0 radical (unpaired) electrons. The van der Waals surface area contributed by atoms with Crippen LogP contribution in [0.4, 0.5) is 5.69 Å². The van der Waals surface area contributed by atoms with Crippen molar-refractivity contribution in [2.24, 2.45) is 5.92 Å². The molecule has 1 aliphatic rings. The molecular formula is C14H21ClN2O2S. The van der Waals surface area contributed by atoms with Crippen molar-refractivity contribution in [2.45, 2.75) is 44.0 Å². The highest BCUT2D eigenvalue weighted by Gasteiger charge is 2.37. The number of nitrogens with two attached hydrogens (primary N) is 1. The summed E-state index contributed by atoms with van der Waals surface area (Å²) < 4.78 is 27.1. The number of halogens is 1. The Hall–Kier alpha value is -0.780. The number of nitrogen functional groups attached to an aromatic ring is 1. The van der Waals surface area contributed by atoms with E-state index in [0.717, 1.165) is 19.3 Å². The van der Waals surface area contributed by atoms with Crippen LogP contribution in [0.15, 0.2) is 23.1 Å². The van der Waals surface area contributed by atoms with Crippen molar-refractivity contribution >= 4 is 27.3 Å². The molecule has 1 aromatic rings. The summed E-state index contributed by atoms with van der Waals surface area (Å²) in [5, 5.41) is 0.283. The summed E-state index contributed by atoms with van der Waals surface area (Å²) in [7, 11) is -3.48. The van der Waals surface area contributed by atoms with Crippen LogP contribution in [0, 0.1) is 5.92 Å². The Balaban J connectivity index is 2.27. The first-order chi connectivity index (χ1) is 9.32. The Morgan fingerprint density at radius 2 is 2.05 bits per heavy atom. The fourth-order valence-corrected chi connectivity index (χ4v) is 4.02. The van der Waals surface area contributed by atoms with Crippen LogP contribution in [0.3, 0.4) is 0 Å². The number of nitrogens with zero attached hydrogens (tertiary/aromatic N) is 1. The third-order valence-electron chi connectivity index (χ3n) is 3.46. The van der Waals surface area contributed by atoms with Crippen molar-refractivity contribution in [1.82, 2.24) is 4.31 Å². The van der Waals surface area contributed by atoms with Gasteiger partial charge in [-0.05, 0) is 43.4 Å². The molecule has 0 bridgehead atoms. The smallest absolute Gasteiger partial charge is 0.243 e. The molecule has 4 nitrogen and oxygen atoms in total. The summed E-state index contributed by atoms with van der Waals surface area (Å²) in [6.07, 6.45) is 2.75. The van der Waals surface area contributed by atoms with Gasteiger partial charge >= 0.3 is 0 Å². The van der Waals surface area contributed by atoms with Crippen LogP contribution < -0.4 is 5.73 Å². The molecule has 2 rings (SSSR count). The van der Waals surface area contributed by atoms with Gasteiger partial charge in [0.1, 0.15) is 0 Å². The molecule has 1 saturated carbocycles. The Morgan fingerprint density at radius 1 is 1.40 bits per heavy atom. The van der Waals surface area contributed by atoms with E-state index in [1.165, 1.54) is 12.1 Å². The minimum absolute atomic E-state index is 0.148. The van der Waals surface area contributed by atoms with Gasteiger partial charge in [0.05, 0.1) is 15.6 Å². The van der Waals surface area contributed by atoms with Crippen LogP contribution in [0.5, 0.6) is 0 Å². The first-order valence-electron chi connectivity index (χ1n) is 6.89. The van der Waals surface area contributed by atoms with Gasteiger partial charge in [-0.15, -0.1) is 0 Å². The van der Waals surface area contributed by atoms with E-state index >= 15 is 0 Å². The van der Waals surface area contributed by atoms with Gasteiger partial charge in [-0.3, -0.25) is 0 Å². The second kappa shape index (κ2) is 5.92. The zero-order valence-corrected chi connectivity index (χ0v) is 13.4. The maximum Gasteiger partial charge on any atom is 0.243 e. The molecule has 6 heteroatoms. The van der Waals surface area contributed by atoms with E-state index in [0.29, 0.717) is 18.2 Å².